The number of hydrogen-bond acceptors (Lipinski definition) is 1. The second kappa shape index (κ2) is 4.50. The molecule has 1 fully saturated rings. The quantitative estimate of drug-likeness (QED) is 0.831. The van der Waals surface area contributed by atoms with Crippen LogP contribution in [0.3, 0.4) is 0 Å². The summed E-state index contributed by atoms with van der Waals surface area (Å²) in [7, 11) is 0. The highest BCUT2D eigenvalue weighted by molar-refractivity contribution is 5.28. The van der Waals surface area contributed by atoms with Gasteiger partial charge in [0.2, 0.25) is 0 Å². The summed E-state index contributed by atoms with van der Waals surface area (Å²) in [4.78, 5) is 0. The first-order valence-electron chi connectivity index (χ1n) is 5.88. The lowest BCUT2D eigenvalue weighted by atomic mass is 9.84. The van der Waals surface area contributed by atoms with E-state index in [2.05, 4.69) is 12.2 Å². The Labute approximate surface area is 94.9 Å². The lowest BCUT2D eigenvalue weighted by Crippen LogP contribution is -2.37. The molecule has 0 aliphatic carbocycles. The van der Waals surface area contributed by atoms with Crippen molar-refractivity contribution < 1.29 is 8.78 Å². The van der Waals surface area contributed by atoms with E-state index in [4.69, 9.17) is 0 Å². The van der Waals surface area contributed by atoms with Gasteiger partial charge in [0.15, 0.2) is 0 Å². The van der Waals surface area contributed by atoms with E-state index in [1.54, 1.807) is 0 Å². The van der Waals surface area contributed by atoms with Gasteiger partial charge in [-0.1, -0.05) is 13.3 Å². The summed E-state index contributed by atoms with van der Waals surface area (Å²) in [5.74, 6) is -0.662. The lowest BCUT2D eigenvalue weighted by Gasteiger charge is -2.30. The zero-order chi connectivity index (χ0) is 11.6. The van der Waals surface area contributed by atoms with Gasteiger partial charge in [-0.15, -0.1) is 0 Å². The lowest BCUT2D eigenvalue weighted by molar-refractivity contribution is 0.339. The normalized spacial score (nSPS) is 24.9. The molecule has 88 valence electrons. The first-order valence-corrected chi connectivity index (χ1v) is 5.88. The summed E-state index contributed by atoms with van der Waals surface area (Å²) in [5.41, 5.74) is 0.146. The van der Waals surface area contributed by atoms with E-state index in [-0.39, 0.29) is 17.2 Å². The van der Waals surface area contributed by atoms with Crippen molar-refractivity contribution in [3.05, 3.63) is 35.4 Å². The molecule has 1 nitrogen and oxygen atoms in total. The van der Waals surface area contributed by atoms with E-state index in [0.717, 1.165) is 32.2 Å². The van der Waals surface area contributed by atoms with Gasteiger partial charge in [0, 0.05) is 11.1 Å². The Morgan fingerprint density at radius 3 is 2.81 bits per heavy atom. The van der Waals surface area contributed by atoms with Gasteiger partial charge in [-0.3, -0.25) is 0 Å². The molecular weight excluding hydrogens is 208 g/mol. The highest BCUT2D eigenvalue weighted by atomic mass is 19.1. The van der Waals surface area contributed by atoms with E-state index in [9.17, 15) is 8.78 Å². The molecule has 1 aliphatic heterocycles. The maximum absolute atomic E-state index is 13.8. The van der Waals surface area contributed by atoms with Crippen LogP contribution in [0.2, 0.25) is 0 Å². The first-order chi connectivity index (χ1) is 7.68. The maximum atomic E-state index is 13.8. The highest BCUT2D eigenvalue weighted by Gasteiger charge is 2.36. The average molecular weight is 225 g/mol. The van der Waals surface area contributed by atoms with E-state index in [1.165, 1.54) is 18.2 Å². The van der Waals surface area contributed by atoms with E-state index >= 15 is 0 Å². The average Bonchev–Trinajstić information content (AvgIpc) is 2.72. The van der Waals surface area contributed by atoms with Crippen LogP contribution in [0.1, 0.15) is 38.2 Å². The van der Waals surface area contributed by atoms with E-state index < -0.39 is 0 Å². The molecule has 0 bridgehead atoms. The smallest absolute Gasteiger partial charge is 0.128 e. The third-order valence-electron chi connectivity index (χ3n) is 3.36. The fourth-order valence-electron chi connectivity index (χ4n) is 2.68. The number of nitrogens with one attached hydrogen (secondary N) is 1. The van der Waals surface area contributed by atoms with Crippen LogP contribution in [0.5, 0.6) is 0 Å². The molecule has 1 atom stereocenters. The molecule has 0 saturated carbocycles. The van der Waals surface area contributed by atoms with Crippen molar-refractivity contribution in [1.29, 1.82) is 0 Å². The van der Waals surface area contributed by atoms with Crippen LogP contribution < -0.4 is 5.32 Å². The third kappa shape index (κ3) is 1.96. The van der Waals surface area contributed by atoms with Gasteiger partial charge >= 0.3 is 0 Å². The van der Waals surface area contributed by atoms with Crippen LogP contribution in [-0.2, 0) is 5.54 Å². The molecule has 0 amide bonds. The second-order valence-corrected chi connectivity index (χ2v) is 4.49. The second-order valence-electron chi connectivity index (χ2n) is 4.49. The van der Waals surface area contributed by atoms with Crippen molar-refractivity contribution in [3.63, 3.8) is 0 Å². The molecule has 1 aromatic rings. The molecule has 1 heterocycles. The van der Waals surface area contributed by atoms with Gasteiger partial charge in [0.25, 0.3) is 0 Å². The van der Waals surface area contributed by atoms with E-state index in [0.29, 0.717) is 5.56 Å². The van der Waals surface area contributed by atoms with Crippen LogP contribution in [0, 0.1) is 11.6 Å². The van der Waals surface area contributed by atoms with Gasteiger partial charge in [-0.25, -0.2) is 8.78 Å². The fraction of sp³-hybridized carbons (Fsp3) is 0.538. The summed E-state index contributed by atoms with van der Waals surface area (Å²) in [6, 6.07) is 3.73. The Morgan fingerprint density at radius 2 is 2.19 bits per heavy atom. The van der Waals surface area contributed by atoms with Gasteiger partial charge < -0.3 is 5.32 Å². The molecular formula is C13H17F2N. The van der Waals surface area contributed by atoms with Gasteiger partial charge in [0.05, 0.1) is 0 Å². The first kappa shape index (κ1) is 11.5. The van der Waals surface area contributed by atoms with Crippen molar-refractivity contribution in [2.75, 3.05) is 6.54 Å². The predicted molar refractivity (Wildman–Crippen MR) is 60.2 cm³/mol. The van der Waals surface area contributed by atoms with Gasteiger partial charge in [0.1, 0.15) is 11.6 Å². The summed E-state index contributed by atoms with van der Waals surface area (Å²) in [5, 5.41) is 3.35. The largest absolute Gasteiger partial charge is 0.307 e. The van der Waals surface area contributed by atoms with Crippen molar-refractivity contribution in [2.45, 2.75) is 38.1 Å². The summed E-state index contributed by atoms with van der Waals surface area (Å²) in [6.07, 6.45) is 3.73. The minimum atomic E-state index is -0.361. The standard InChI is InChI=1S/C13H17F2N/c1-2-6-13(7-3-8-16-13)11-9-10(14)4-5-12(11)15/h4-5,9,16H,2-3,6-8H2,1H3. The Balaban J connectivity index is 2.42. The Morgan fingerprint density at radius 1 is 1.38 bits per heavy atom. The van der Waals surface area contributed by atoms with Gasteiger partial charge in [-0.2, -0.15) is 0 Å². The molecule has 1 aromatic carbocycles. The van der Waals surface area contributed by atoms with Crippen LogP contribution in [-0.4, -0.2) is 6.54 Å². The molecule has 0 radical (unpaired) electrons. The molecule has 0 spiro atoms. The molecule has 0 aromatic heterocycles. The number of hydrogen-bond donors (Lipinski definition) is 1. The van der Waals surface area contributed by atoms with Crippen molar-refractivity contribution >= 4 is 0 Å². The molecule has 1 N–H and O–H groups in total. The predicted octanol–water partition coefficient (Wildman–Crippen LogP) is 3.34. The minimum Gasteiger partial charge on any atom is -0.307 e. The molecule has 1 unspecified atom stereocenters. The minimum absolute atomic E-state index is 0.302. The Hall–Kier alpha value is -0.960. The van der Waals surface area contributed by atoms with Crippen LogP contribution in [0.25, 0.3) is 0 Å². The molecule has 1 aliphatic rings. The van der Waals surface area contributed by atoms with Crippen LogP contribution >= 0.6 is 0 Å². The third-order valence-corrected chi connectivity index (χ3v) is 3.36. The van der Waals surface area contributed by atoms with Crippen molar-refractivity contribution in [2.24, 2.45) is 0 Å². The maximum Gasteiger partial charge on any atom is 0.128 e. The zero-order valence-corrected chi connectivity index (χ0v) is 9.52. The SMILES string of the molecule is CCCC1(c2cc(F)ccc2F)CCCN1. The Kier molecular flexibility index (Phi) is 3.24. The van der Waals surface area contributed by atoms with E-state index in [1.807, 2.05) is 0 Å². The zero-order valence-electron chi connectivity index (χ0n) is 9.52. The Bertz CT molecular complexity index is 370. The highest BCUT2D eigenvalue weighted by Crippen LogP contribution is 2.36. The van der Waals surface area contributed by atoms with Crippen molar-refractivity contribution in [3.8, 4) is 0 Å². The molecule has 16 heavy (non-hydrogen) atoms. The van der Waals surface area contributed by atoms with Crippen molar-refractivity contribution in [1.82, 2.24) is 5.32 Å². The molecule has 2 rings (SSSR count). The monoisotopic (exact) mass is 225 g/mol. The molecule has 1 saturated heterocycles. The summed E-state index contributed by atoms with van der Waals surface area (Å²) >= 11 is 0. The number of rotatable bonds is 3. The van der Waals surface area contributed by atoms with Crippen LogP contribution in [0.4, 0.5) is 8.78 Å². The number of benzene rings is 1. The summed E-state index contributed by atoms with van der Waals surface area (Å²) < 4.78 is 27.0. The molecule has 3 heteroatoms. The van der Waals surface area contributed by atoms with Crippen LogP contribution in [0.15, 0.2) is 18.2 Å². The fourth-order valence-corrected chi connectivity index (χ4v) is 2.68. The number of halogens is 2. The summed E-state index contributed by atoms with van der Waals surface area (Å²) in [6.45, 7) is 2.95. The van der Waals surface area contributed by atoms with Gasteiger partial charge in [-0.05, 0) is 44.0 Å². The topological polar surface area (TPSA) is 12.0 Å².